The van der Waals surface area contributed by atoms with E-state index in [-0.39, 0.29) is 5.57 Å². The van der Waals surface area contributed by atoms with Crippen molar-refractivity contribution in [3.63, 3.8) is 0 Å². The highest BCUT2D eigenvalue weighted by molar-refractivity contribution is 6.01. The highest BCUT2D eigenvalue weighted by atomic mass is 19.4. The fraction of sp³-hybridized carbons (Fsp3) is 0.200. The molecule has 2 amide bonds. The summed E-state index contributed by atoms with van der Waals surface area (Å²) >= 11 is 0. The van der Waals surface area contributed by atoms with Crippen LogP contribution in [0, 0.1) is 0 Å². The third-order valence-electron chi connectivity index (χ3n) is 4.25. The van der Waals surface area contributed by atoms with E-state index in [2.05, 4.69) is 11.3 Å². The summed E-state index contributed by atoms with van der Waals surface area (Å²) in [6, 6.07) is 4.95. The summed E-state index contributed by atoms with van der Waals surface area (Å²) in [6.45, 7) is 4.59. The molecule has 0 saturated carbocycles. The van der Waals surface area contributed by atoms with Crippen LogP contribution in [0.5, 0.6) is 11.5 Å². The molecule has 0 aliphatic rings. The molecule has 0 aliphatic carbocycles. The highest BCUT2D eigenvalue weighted by Gasteiger charge is 2.72. The van der Waals surface area contributed by atoms with Gasteiger partial charge >= 0.3 is 18.4 Å². The number of hydrogen-bond acceptors (Lipinski definition) is 4. The van der Waals surface area contributed by atoms with Crippen LogP contribution >= 0.6 is 0 Å². The van der Waals surface area contributed by atoms with E-state index in [4.69, 9.17) is 0 Å². The van der Waals surface area contributed by atoms with Crippen molar-refractivity contribution < 1.29 is 45.8 Å². The van der Waals surface area contributed by atoms with Crippen LogP contribution in [0.2, 0.25) is 0 Å². The maximum Gasteiger partial charge on any atom is 0.419 e. The molecule has 31 heavy (non-hydrogen) atoms. The van der Waals surface area contributed by atoms with Crippen molar-refractivity contribution in [3.05, 3.63) is 71.8 Å². The normalized spacial score (nSPS) is 12.2. The quantitative estimate of drug-likeness (QED) is 0.511. The van der Waals surface area contributed by atoms with Gasteiger partial charge in [-0.2, -0.15) is 26.3 Å². The molecule has 0 atom stereocenters. The molecule has 11 heteroatoms. The van der Waals surface area contributed by atoms with E-state index in [1.165, 1.54) is 6.92 Å². The van der Waals surface area contributed by atoms with Gasteiger partial charge in [-0.05, 0) is 42.3 Å². The van der Waals surface area contributed by atoms with Crippen LogP contribution < -0.4 is 10.1 Å². The second kappa shape index (κ2) is 8.32. The minimum Gasteiger partial charge on any atom is -0.508 e. The minimum absolute atomic E-state index is 0.0265. The smallest absolute Gasteiger partial charge is 0.419 e. The van der Waals surface area contributed by atoms with E-state index in [0.717, 1.165) is 12.1 Å². The van der Waals surface area contributed by atoms with E-state index >= 15 is 0 Å². The summed E-state index contributed by atoms with van der Waals surface area (Å²) in [7, 11) is 0. The Morgan fingerprint density at radius 1 is 0.871 bits per heavy atom. The van der Waals surface area contributed by atoms with Gasteiger partial charge in [0.25, 0.3) is 5.91 Å². The number of phenols is 1. The number of hydrogen-bond donors (Lipinski definition) is 2. The summed E-state index contributed by atoms with van der Waals surface area (Å²) in [5.74, 6) is -1.79. The van der Waals surface area contributed by atoms with Gasteiger partial charge in [0.2, 0.25) is 5.41 Å². The van der Waals surface area contributed by atoms with Crippen molar-refractivity contribution in [2.24, 2.45) is 0 Å². The zero-order valence-corrected chi connectivity index (χ0v) is 15.8. The lowest BCUT2D eigenvalue weighted by atomic mass is 9.73. The number of alkyl halides is 6. The minimum atomic E-state index is -5.81. The number of benzene rings is 2. The number of ether oxygens (including phenoxy) is 1. The number of rotatable bonds is 4. The molecule has 0 aromatic heterocycles. The van der Waals surface area contributed by atoms with Crippen molar-refractivity contribution in [3.8, 4) is 11.5 Å². The molecule has 0 unspecified atom stereocenters. The van der Waals surface area contributed by atoms with Gasteiger partial charge < -0.3 is 9.84 Å². The van der Waals surface area contributed by atoms with Gasteiger partial charge in [0, 0.05) is 5.57 Å². The first-order chi connectivity index (χ1) is 14.2. The lowest BCUT2D eigenvalue weighted by Crippen LogP contribution is -2.54. The van der Waals surface area contributed by atoms with Gasteiger partial charge in [-0.25, -0.2) is 4.79 Å². The molecule has 0 radical (unpaired) electrons. The Morgan fingerprint density at radius 3 is 1.68 bits per heavy atom. The number of halogens is 6. The molecule has 2 N–H and O–H groups in total. The fourth-order valence-electron chi connectivity index (χ4n) is 2.80. The summed E-state index contributed by atoms with van der Waals surface area (Å²) in [5, 5.41) is 11.0. The SMILES string of the molecule is C=C(C)C(=O)NC(=O)Oc1ccc(C(c2ccc(O)cc2)(C(F)(F)F)C(F)(F)F)cc1. The first-order valence-electron chi connectivity index (χ1n) is 8.42. The summed E-state index contributed by atoms with van der Waals surface area (Å²) in [4.78, 5) is 23.0. The largest absolute Gasteiger partial charge is 0.508 e. The summed E-state index contributed by atoms with van der Waals surface area (Å²) in [6.07, 6.45) is -12.9. The van der Waals surface area contributed by atoms with Crippen LogP contribution in [0.4, 0.5) is 31.1 Å². The predicted molar refractivity (Wildman–Crippen MR) is 96.4 cm³/mol. The van der Waals surface area contributed by atoms with E-state index < -0.39 is 52.4 Å². The van der Waals surface area contributed by atoms with Gasteiger partial charge in [0.1, 0.15) is 11.5 Å². The number of carbonyl (C=O) groups excluding carboxylic acids is 2. The Labute approximate surface area is 171 Å². The van der Waals surface area contributed by atoms with Crippen LogP contribution in [0.1, 0.15) is 18.1 Å². The van der Waals surface area contributed by atoms with Gasteiger partial charge in [-0.3, -0.25) is 10.1 Å². The number of imide groups is 1. The van der Waals surface area contributed by atoms with Gasteiger partial charge in [-0.1, -0.05) is 30.8 Å². The zero-order chi connectivity index (χ0) is 23.6. The standard InChI is InChI=1S/C20H15F6NO4/c1-11(2)16(29)27-17(30)31-15-9-5-13(6-10-15)18(19(21,22)23,20(24,25)26)12-3-7-14(28)8-4-12/h3-10,28H,1H2,2H3,(H,27,29,30). The van der Waals surface area contributed by atoms with E-state index in [9.17, 15) is 41.0 Å². The maximum absolute atomic E-state index is 13.9. The Morgan fingerprint density at radius 2 is 1.29 bits per heavy atom. The second-order valence-corrected chi connectivity index (χ2v) is 6.44. The molecular weight excluding hydrogens is 432 g/mol. The first kappa shape index (κ1) is 23.8. The van der Waals surface area contributed by atoms with Gasteiger partial charge in [-0.15, -0.1) is 0 Å². The van der Waals surface area contributed by atoms with Crippen molar-refractivity contribution in [1.82, 2.24) is 5.32 Å². The lowest BCUT2D eigenvalue weighted by molar-refractivity contribution is -0.288. The van der Waals surface area contributed by atoms with Crippen molar-refractivity contribution in [1.29, 1.82) is 0 Å². The Hall–Kier alpha value is -3.50. The molecule has 2 aromatic carbocycles. The van der Waals surface area contributed by atoms with Crippen LogP contribution in [-0.2, 0) is 10.2 Å². The molecule has 166 valence electrons. The Kier molecular flexibility index (Phi) is 6.38. The molecule has 5 nitrogen and oxygen atoms in total. The molecule has 0 saturated heterocycles. The fourth-order valence-corrected chi connectivity index (χ4v) is 2.80. The lowest BCUT2D eigenvalue weighted by Gasteiger charge is -2.38. The topological polar surface area (TPSA) is 75.6 Å². The number of amides is 2. The van der Waals surface area contributed by atoms with Crippen molar-refractivity contribution in [2.45, 2.75) is 24.7 Å². The van der Waals surface area contributed by atoms with Crippen molar-refractivity contribution in [2.75, 3.05) is 0 Å². The van der Waals surface area contributed by atoms with Crippen LogP contribution in [0.25, 0.3) is 0 Å². The average molecular weight is 447 g/mol. The number of phenolic OH excluding ortho intramolecular Hbond substituents is 1. The number of carbonyl (C=O) groups is 2. The Bertz CT molecular complexity index is 965. The van der Waals surface area contributed by atoms with E-state index in [1.807, 2.05) is 0 Å². The average Bonchev–Trinajstić information content (AvgIpc) is 2.62. The molecule has 0 aliphatic heterocycles. The molecule has 2 rings (SSSR count). The molecule has 2 aromatic rings. The van der Waals surface area contributed by atoms with Crippen LogP contribution in [0.3, 0.4) is 0 Å². The van der Waals surface area contributed by atoms with Gasteiger partial charge in [0.05, 0.1) is 0 Å². The molecule has 0 heterocycles. The second-order valence-electron chi connectivity index (χ2n) is 6.44. The number of aromatic hydroxyl groups is 1. The summed E-state index contributed by atoms with van der Waals surface area (Å²) < 4.78 is 88.4. The first-order valence-corrected chi connectivity index (χ1v) is 8.42. The molecule has 0 spiro atoms. The zero-order valence-electron chi connectivity index (χ0n) is 15.8. The Balaban J connectivity index is 2.51. The molecular formula is C20H15F6NO4. The predicted octanol–water partition coefficient (Wildman–Crippen LogP) is 4.99. The maximum atomic E-state index is 13.9. The van der Waals surface area contributed by atoms with Crippen LogP contribution in [0.15, 0.2) is 60.7 Å². The molecule has 0 bridgehead atoms. The van der Waals surface area contributed by atoms with Crippen LogP contribution in [-0.4, -0.2) is 29.5 Å². The third-order valence-corrected chi connectivity index (χ3v) is 4.25. The highest BCUT2D eigenvalue weighted by Crippen LogP contribution is 2.56. The monoisotopic (exact) mass is 447 g/mol. The van der Waals surface area contributed by atoms with E-state index in [0.29, 0.717) is 36.4 Å². The number of nitrogens with one attached hydrogen (secondary N) is 1. The summed E-state index contributed by atoms with van der Waals surface area (Å²) in [5.41, 5.74) is -6.79. The molecule has 0 fully saturated rings. The van der Waals surface area contributed by atoms with Gasteiger partial charge in [0.15, 0.2) is 0 Å². The third kappa shape index (κ3) is 4.65. The van der Waals surface area contributed by atoms with Crippen molar-refractivity contribution >= 4 is 12.0 Å². The van der Waals surface area contributed by atoms with E-state index in [1.54, 1.807) is 5.32 Å².